The SMILES string of the molecule is CC(C)(N)c1ccc(-c2ccc3c(C(N)=O)c(N(N)C=O)[nH]c3c2)cc1. The standard InChI is InChI=1S/C19H21N5O2/c1-19(2,21)13-6-3-11(4-7-13)12-5-8-14-15(9-12)23-18(24(22)10-25)16(14)17(20)26/h3-10,23H,21-22H2,1-2H3,(H2,20,26). The number of hydrogen-bond donors (Lipinski definition) is 4. The van der Waals surface area contributed by atoms with Crippen molar-refractivity contribution in [3.63, 3.8) is 0 Å². The van der Waals surface area contributed by atoms with Crippen molar-refractivity contribution in [2.75, 3.05) is 5.01 Å². The average molecular weight is 351 g/mol. The molecule has 0 aliphatic heterocycles. The van der Waals surface area contributed by atoms with Gasteiger partial charge in [0.05, 0.1) is 5.56 Å². The number of nitrogens with zero attached hydrogens (tertiary/aromatic N) is 1. The number of benzene rings is 2. The van der Waals surface area contributed by atoms with E-state index in [-0.39, 0.29) is 11.4 Å². The Morgan fingerprint density at radius 2 is 1.73 bits per heavy atom. The predicted molar refractivity (Wildman–Crippen MR) is 102 cm³/mol. The minimum atomic E-state index is -0.661. The molecule has 3 aromatic rings. The molecule has 0 saturated carbocycles. The largest absolute Gasteiger partial charge is 0.365 e. The fourth-order valence-electron chi connectivity index (χ4n) is 2.95. The van der Waals surface area contributed by atoms with Gasteiger partial charge in [0, 0.05) is 16.4 Å². The molecule has 0 saturated heterocycles. The number of hydrogen-bond acceptors (Lipinski definition) is 4. The second-order valence-corrected chi connectivity index (χ2v) is 6.78. The van der Waals surface area contributed by atoms with E-state index in [0.717, 1.165) is 21.7 Å². The molecular formula is C19H21N5O2. The smallest absolute Gasteiger partial charge is 0.253 e. The van der Waals surface area contributed by atoms with Crippen LogP contribution in [0.4, 0.5) is 5.82 Å². The van der Waals surface area contributed by atoms with Crippen LogP contribution in [0, 0.1) is 0 Å². The Hall–Kier alpha value is -3.16. The highest BCUT2D eigenvalue weighted by Crippen LogP contribution is 2.31. The zero-order valence-corrected chi connectivity index (χ0v) is 14.6. The minimum Gasteiger partial charge on any atom is -0.365 e. The van der Waals surface area contributed by atoms with Crippen molar-refractivity contribution in [3.8, 4) is 11.1 Å². The van der Waals surface area contributed by atoms with Gasteiger partial charge in [0.25, 0.3) is 5.91 Å². The van der Waals surface area contributed by atoms with Crippen LogP contribution >= 0.6 is 0 Å². The van der Waals surface area contributed by atoms with E-state index in [2.05, 4.69) is 4.98 Å². The Balaban J connectivity index is 2.10. The number of rotatable bonds is 5. The van der Waals surface area contributed by atoms with Gasteiger partial charge in [-0.25, -0.2) is 10.9 Å². The van der Waals surface area contributed by atoms with Crippen LogP contribution in [-0.4, -0.2) is 17.3 Å². The summed E-state index contributed by atoms with van der Waals surface area (Å²) < 4.78 is 0. The molecule has 0 aliphatic carbocycles. The summed E-state index contributed by atoms with van der Waals surface area (Å²) in [6.45, 7) is 3.90. The molecule has 0 atom stereocenters. The topological polar surface area (TPSA) is 131 Å². The molecule has 7 nitrogen and oxygen atoms in total. The second-order valence-electron chi connectivity index (χ2n) is 6.78. The summed E-state index contributed by atoms with van der Waals surface area (Å²) in [4.78, 5) is 25.8. The summed E-state index contributed by atoms with van der Waals surface area (Å²) in [6.07, 6.45) is 0.408. The lowest BCUT2D eigenvalue weighted by atomic mass is 9.93. The first kappa shape index (κ1) is 17.7. The maximum atomic E-state index is 11.8. The summed E-state index contributed by atoms with van der Waals surface area (Å²) in [6, 6.07) is 13.5. The first-order valence-electron chi connectivity index (χ1n) is 8.07. The highest BCUT2D eigenvalue weighted by molar-refractivity contribution is 6.12. The van der Waals surface area contributed by atoms with Crippen molar-refractivity contribution in [2.45, 2.75) is 19.4 Å². The monoisotopic (exact) mass is 351 g/mol. The van der Waals surface area contributed by atoms with Gasteiger partial charge in [-0.1, -0.05) is 36.4 Å². The molecule has 0 radical (unpaired) electrons. The number of nitrogens with one attached hydrogen (secondary N) is 1. The van der Waals surface area contributed by atoms with E-state index in [0.29, 0.717) is 17.3 Å². The third-order valence-corrected chi connectivity index (χ3v) is 4.36. The molecule has 7 heteroatoms. The summed E-state index contributed by atoms with van der Waals surface area (Å²) >= 11 is 0. The molecule has 3 rings (SSSR count). The molecule has 0 unspecified atom stereocenters. The molecule has 1 heterocycles. The van der Waals surface area contributed by atoms with Crippen molar-refractivity contribution in [1.29, 1.82) is 0 Å². The molecule has 2 amide bonds. The number of amides is 2. The number of hydrazine groups is 1. The Kier molecular flexibility index (Phi) is 4.27. The van der Waals surface area contributed by atoms with E-state index in [1.54, 1.807) is 6.07 Å². The molecule has 7 N–H and O–H groups in total. The lowest BCUT2D eigenvalue weighted by molar-refractivity contribution is -0.107. The molecule has 2 aromatic carbocycles. The van der Waals surface area contributed by atoms with Crippen LogP contribution in [0.15, 0.2) is 42.5 Å². The van der Waals surface area contributed by atoms with Crippen LogP contribution in [0.3, 0.4) is 0 Å². The second kappa shape index (κ2) is 6.29. The number of primary amides is 1. The van der Waals surface area contributed by atoms with Gasteiger partial charge >= 0.3 is 0 Å². The number of aromatic nitrogens is 1. The fourth-order valence-corrected chi connectivity index (χ4v) is 2.95. The van der Waals surface area contributed by atoms with E-state index in [9.17, 15) is 9.59 Å². The van der Waals surface area contributed by atoms with Crippen LogP contribution in [-0.2, 0) is 10.3 Å². The van der Waals surface area contributed by atoms with Gasteiger partial charge in [0.2, 0.25) is 6.41 Å². The third-order valence-electron chi connectivity index (χ3n) is 4.36. The maximum absolute atomic E-state index is 11.8. The Morgan fingerprint density at radius 3 is 2.27 bits per heavy atom. The number of fused-ring (bicyclic) bond motifs is 1. The van der Waals surface area contributed by atoms with Crippen LogP contribution in [0.5, 0.6) is 0 Å². The van der Waals surface area contributed by atoms with Gasteiger partial charge in [-0.2, -0.15) is 0 Å². The van der Waals surface area contributed by atoms with Gasteiger partial charge in [-0.15, -0.1) is 0 Å². The van der Waals surface area contributed by atoms with Gasteiger partial charge in [-0.3, -0.25) is 9.59 Å². The van der Waals surface area contributed by atoms with Gasteiger partial charge in [-0.05, 0) is 36.6 Å². The van der Waals surface area contributed by atoms with Crippen molar-refractivity contribution in [1.82, 2.24) is 4.98 Å². The van der Waals surface area contributed by atoms with Crippen LogP contribution in [0.1, 0.15) is 29.8 Å². The van der Waals surface area contributed by atoms with Gasteiger partial charge in [0.1, 0.15) is 5.82 Å². The number of carbonyl (C=O) groups is 2. The normalized spacial score (nSPS) is 11.5. The van der Waals surface area contributed by atoms with Gasteiger partial charge < -0.3 is 16.5 Å². The quantitative estimate of drug-likeness (QED) is 0.242. The Bertz CT molecular complexity index is 984. The number of anilines is 1. The summed E-state index contributed by atoms with van der Waals surface area (Å²) in [7, 11) is 0. The molecule has 0 bridgehead atoms. The van der Waals surface area contributed by atoms with Crippen LogP contribution in [0.25, 0.3) is 22.0 Å². The lowest BCUT2D eigenvalue weighted by Crippen LogP contribution is -2.31. The lowest BCUT2D eigenvalue weighted by Gasteiger charge is -2.19. The van der Waals surface area contributed by atoms with E-state index in [1.165, 1.54) is 0 Å². The molecule has 1 aromatic heterocycles. The van der Waals surface area contributed by atoms with Crippen LogP contribution < -0.4 is 22.3 Å². The molecular weight excluding hydrogens is 330 g/mol. The zero-order chi connectivity index (χ0) is 19.1. The van der Waals surface area contributed by atoms with E-state index < -0.39 is 11.4 Å². The Morgan fingerprint density at radius 1 is 1.12 bits per heavy atom. The van der Waals surface area contributed by atoms with Crippen molar-refractivity contribution >= 4 is 29.0 Å². The molecule has 0 fully saturated rings. The molecule has 0 spiro atoms. The molecule has 0 aliphatic rings. The highest BCUT2D eigenvalue weighted by Gasteiger charge is 2.20. The highest BCUT2D eigenvalue weighted by atomic mass is 16.1. The van der Waals surface area contributed by atoms with Crippen molar-refractivity contribution in [3.05, 3.63) is 53.6 Å². The zero-order valence-electron chi connectivity index (χ0n) is 14.6. The van der Waals surface area contributed by atoms with E-state index >= 15 is 0 Å². The predicted octanol–water partition coefficient (Wildman–Crippen LogP) is 1.96. The van der Waals surface area contributed by atoms with E-state index in [1.807, 2.05) is 50.2 Å². The average Bonchev–Trinajstić information content (AvgIpc) is 2.99. The summed E-state index contributed by atoms with van der Waals surface area (Å²) in [5, 5.41) is 1.41. The number of aromatic amines is 1. The van der Waals surface area contributed by atoms with Crippen LogP contribution in [0.2, 0.25) is 0 Å². The molecule has 26 heavy (non-hydrogen) atoms. The number of nitrogens with two attached hydrogens (primary N) is 3. The Labute approximate surface area is 150 Å². The number of carbonyl (C=O) groups excluding carboxylic acids is 2. The van der Waals surface area contributed by atoms with Crippen molar-refractivity contribution in [2.24, 2.45) is 17.3 Å². The first-order valence-corrected chi connectivity index (χ1v) is 8.07. The maximum Gasteiger partial charge on any atom is 0.253 e. The third kappa shape index (κ3) is 3.05. The van der Waals surface area contributed by atoms with Gasteiger partial charge in [0.15, 0.2) is 0 Å². The molecule has 134 valence electrons. The number of H-pyrrole nitrogens is 1. The summed E-state index contributed by atoms with van der Waals surface area (Å²) in [5.74, 6) is 5.12. The minimum absolute atomic E-state index is 0.167. The van der Waals surface area contributed by atoms with Crippen molar-refractivity contribution < 1.29 is 9.59 Å². The van der Waals surface area contributed by atoms with E-state index in [4.69, 9.17) is 17.3 Å². The fraction of sp³-hybridized carbons (Fsp3) is 0.158. The summed E-state index contributed by atoms with van der Waals surface area (Å²) in [5.41, 5.74) is 15.0. The first-order chi connectivity index (χ1) is 12.2.